The van der Waals surface area contributed by atoms with Crippen molar-refractivity contribution in [1.29, 1.82) is 0 Å². The number of benzene rings is 1. The van der Waals surface area contributed by atoms with Crippen molar-refractivity contribution in [3.8, 4) is 17.0 Å². The number of ether oxygens (including phenoxy) is 1. The molecule has 4 nitrogen and oxygen atoms in total. The molecule has 2 aromatic rings. The molecular weight excluding hydrogens is 283 g/mol. The Hall–Kier alpha value is -2.31. The van der Waals surface area contributed by atoms with Crippen molar-refractivity contribution in [2.75, 3.05) is 12.8 Å². The SMILES string of the molecule is COc1cc(C)cc(C)c1-c1cc(C(F)(F)F)nc(N)n1. The lowest BCUT2D eigenvalue weighted by Crippen LogP contribution is -2.11. The molecule has 7 heteroatoms. The largest absolute Gasteiger partial charge is 0.496 e. The van der Waals surface area contributed by atoms with Gasteiger partial charge in [0.25, 0.3) is 0 Å². The second-order valence-electron chi connectivity index (χ2n) is 4.65. The number of alkyl halides is 3. The molecule has 0 bridgehead atoms. The van der Waals surface area contributed by atoms with Crippen molar-refractivity contribution >= 4 is 5.95 Å². The van der Waals surface area contributed by atoms with Gasteiger partial charge >= 0.3 is 6.18 Å². The first-order valence-corrected chi connectivity index (χ1v) is 6.09. The number of rotatable bonds is 2. The van der Waals surface area contributed by atoms with Crippen molar-refractivity contribution in [2.45, 2.75) is 20.0 Å². The molecule has 0 radical (unpaired) electrons. The molecule has 0 atom stereocenters. The average molecular weight is 297 g/mol. The normalized spacial score (nSPS) is 11.5. The first-order chi connectivity index (χ1) is 9.72. The van der Waals surface area contributed by atoms with Crippen LogP contribution in [-0.2, 0) is 6.18 Å². The van der Waals surface area contributed by atoms with Gasteiger partial charge in [0.05, 0.1) is 12.8 Å². The van der Waals surface area contributed by atoms with E-state index in [9.17, 15) is 13.2 Å². The molecule has 1 aromatic carbocycles. The second kappa shape index (κ2) is 5.23. The number of nitrogens with two attached hydrogens (primary N) is 1. The van der Waals surface area contributed by atoms with Gasteiger partial charge in [0, 0.05) is 5.56 Å². The molecule has 1 aromatic heterocycles. The van der Waals surface area contributed by atoms with E-state index in [-0.39, 0.29) is 5.69 Å². The summed E-state index contributed by atoms with van der Waals surface area (Å²) in [4.78, 5) is 7.14. The summed E-state index contributed by atoms with van der Waals surface area (Å²) >= 11 is 0. The Bertz CT molecular complexity index is 684. The van der Waals surface area contributed by atoms with E-state index in [1.54, 1.807) is 13.0 Å². The van der Waals surface area contributed by atoms with Crippen LogP contribution in [0.25, 0.3) is 11.3 Å². The van der Waals surface area contributed by atoms with Crippen molar-refractivity contribution < 1.29 is 17.9 Å². The van der Waals surface area contributed by atoms with Gasteiger partial charge in [-0.25, -0.2) is 9.97 Å². The average Bonchev–Trinajstić information content (AvgIpc) is 2.35. The summed E-state index contributed by atoms with van der Waals surface area (Å²) in [5.41, 5.74) is 6.57. The second-order valence-corrected chi connectivity index (χ2v) is 4.65. The molecule has 0 spiro atoms. The van der Waals surface area contributed by atoms with Crippen LogP contribution in [0.2, 0.25) is 0 Å². The molecule has 0 aliphatic rings. The summed E-state index contributed by atoms with van der Waals surface area (Å²) in [5, 5.41) is 0. The Balaban J connectivity index is 2.70. The van der Waals surface area contributed by atoms with Crippen molar-refractivity contribution in [3.63, 3.8) is 0 Å². The lowest BCUT2D eigenvalue weighted by Gasteiger charge is -2.14. The zero-order chi connectivity index (χ0) is 15.8. The van der Waals surface area contributed by atoms with E-state index >= 15 is 0 Å². The highest BCUT2D eigenvalue weighted by Crippen LogP contribution is 2.36. The molecule has 0 fully saturated rings. The standard InChI is InChI=1S/C14H14F3N3O/c1-7-4-8(2)12(10(5-7)21-3)9-6-11(14(15,16)17)20-13(18)19-9/h4-6H,1-3H3,(H2,18,19,20). The van der Waals surface area contributed by atoms with E-state index in [1.165, 1.54) is 7.11 Å². The van der Waals surface area contributed by atoms with E-state index < -0.39 is 17.8 Å². The van der Waals surface area contributed by atoms with Crippen molar-refractivity contribution in [2.24, 2.45) is 0 Å². The van der Waals surface area contributed by atoms with Crippen LogP contribution in [0.4, 0.5) is 19.1 Å². The summed E-state index contributed by atoms with van der Waals surface area (Å²) in [7, 11) is 1.45. The molecule has 21 heavy (non-hydrogen) atoms. The summed E-state index contributed by atoms with van der Waals surface area (Å²) < 4.78 is 43.7. The highest BCUT2D eigenvalue weighted by molar-refractivity contribution is 5.72. The third-order valence-electron chi connectivity index (χ3n) is 2.95. The molecule has 0 saturated carbocycles. The number of nitrogen functional groups attached to an aromatic ring is 1. The highest BCUT2D eigenvalue weighted by atomic mass is 19.4. The number of halogens is 3. The van der Waals surface area contributed by atoms with Crippen LogP contribution in [0, 0.1) is 13.8 Å². The zero-order valence-electron chi connectivity index (χ0n) is 11.7. The smallest absolute Gasteiger partial charge is 0.433 e. The molecule has 2 rings (SSSR count). The fraction of sp³-hybridized carbons (Fsp3) is 0.286. The highest BCUT2D eigenvalue weighted by Gasteiger charge is 2.34. The first kappa shape index (κ1) is 15.1. The Morgan fingerprint density at radius 1 is 1.10 bits per heavy atom. The van der Waals surface area contributed by atoms with Gasteiger partial charge < -0.3 is 10.5 Å². The van der Waals surface area contributed by atoms with E-state index in [1.807, 2.05) is 13.0 Å². The molecule has 0 aliphatic heterocycles. The molecular formula is C14H14F3N3O. The minimum atomic E-state index is -4.59. The monoisotopic (exact) mass is 297 g/mol. The quantitative estimate of drug-likeness (QED) is 0.923. The molecule has 0 amide bonds. The van der Waals surface area contributed by atoms with E-state index in [4.69, 9.17) is 10.5 Å². The third-order valence-corrected chi connectivity index (χ3v) is 2.95. The molecule has 112 valence electrons. The number of nitrogens with zero attached hydrogens (tertiary/aromatic N) is 2. The molecule has 0 unspecified atom stereocenters. The minimum absolute atomic E-state index is 0.0872. The van der Waals surface area contributed by atoms with E-state index in [0.717, 1.165) is 17.2 Å². The lowest BCUT2D eigenvalue weighted by atomic mass is 10.0. The number of aryl methyl sites for hydroxylation is 2. The number of methoxy groups -OCH3 is 1. The molecule has 2 N–H and O–H groups in total. The summed E-state index contributed by atoms with van der Waals surface area (Å²) in [6, 6.07) is 4.44. The minimum Gasteiger partial charge on any atom is -0.496 e. The van der Waals surface area contributed by atoms with Gasteiger partial charge in [-0.15, -0.1) is 0 Å². The van der Waals surface area contributed by atoms with Gasteiger partial charge in [-0.3, -0.25) is 0 Å². The predicted octanol–water partition coefficient (Wildman–Crippen LogP) is 3.37. The predicted molar refractivity (Wildman–Crippen MR) is 72.9 cm³/mol. The van der Waals surface area contributed by atoms with Gasteiger partial charge in [0.15, 0.2) is 5.69 Å². The van der Waals surface area contributed by atoms with Crippen molar-refractivity contribution in [3.05, 3.63) is 35.0 Å². The van der Waals surface area contributed by atoms with Gasteiger partial charge in [-0.05, 0) is 37.1 Å². The summed E-state index contributed by atoms with van der Waals surface area (Å²) in [5.74, 6) is 0.0144. The van der Waals surface area contributed by atoms with Crippen LogP contribution in [-0.4, -0.2) is 17.1 Å². The fourth-order valence-electron chi connectivity index (χ4n) is 2.16. The Kier molecular flexibility index (Phi) is 3.76. The van der Waals surface area contributed by atoms with Crippen LogP contribution >= 0.6 is 0 Å². The fourth-order valence-corrected chi connectivity index (χ4v) is 2.16. The summed E-state index contributed by atoms with van der Waals surface area (Å²) in [6.07, 6.45) is -4.59. The van der Waals surface area contributed by atoms with Gasteiger partial charge in [-0.2, -0.15) is 13.2 Å². The topological polar surface area (TPSA) is 61.0 Å². The zero-order valence-corrected chi connectivity index (χ0v) is 11.7. The third kappa shape index (κ3) is 3.07. The maximum absolute atomic E-state index is 12.8. The van der Waals surface area contributed by atoms with Crippen LogP contribution < -0.4 is 10.5 Å². The first-order valence-electron chi connectivity index (χ1n) is 6.09. The number of hydrogen-bond donors (Lipinski definition) is 1. The van der Waals surface area contributed by atoms with Gasteiger partial charge in [0.2, 0.25) is 5.95 Å². The van der Waals surface area contributed by atoms with E-state index in [0.29, 0.717) is 11.3 Å². The van der Waals surface area contributed by atoms with Gasteiger partial charge in [-0.1, -0.05) is 6.07 Å². The Labute approximate surface area is 119 Å². The summed E-state index contributed by atoms with van der Waals surface area (Å²) in [6.45, 7) is 3.64. The van der Waals surface area contributed by atoms with Crippen LogP contribution in [0.3, 0.4) is 0 Å². The van der Waals surface area contributed by atoms with Gasteiger partial charge in [0.1, 0.15) is 5.75 Å². The molecule has 1 heterocycles. The van der Waals surface area contributed by atoms with Crippen LogP contribution in [0.15, 0.2) is 18.2 Å². The maximum atomic E-state index is 12.8. The number of anilines is 1. The Morgan fingerprint density at radius 3 is 2.33 bits per heavy atom. The number of hydrogen-bond acceptors (Lipinski definition) is 4. The van der Waals surface area contributed by atoms with Crippen LogP contribution in [0.1, 0.15) is 16.8 Å². The van der Waals surface area contributed by atoms with Crippen molar-refractivity contribution in [1.82, 2.24) is 9.97 Å². The van der Waals surface area contributed by atoms with Crippen LogP contribution in [0.5, 0.6) is 5.75 Å². The lowest BCUT2D eigenvalue weighted by molar-refractivity contribution is -0.141. The van der Waals surface area contributed by atoms with E-state index in [2.05, 4.69) is 9.97 Å². The Morgan fingerprint density at radius 2 is 1.76 bits per heavy atom. The number of aromatic nitrogens is 2. The molecule has 0 saturated heterocycles. The maximum Gasteiger partial charge on any atom is 0.433 e. The molecule has 0 aliphatic carbocycles.